The van der Waals surface area contributed by atoms with E-state index in [0.29, 0.717) is 25.8 Å². The van der Waals surface area contributed by atoms with Crippen molar-refractivity contribution in [3.8, 4) is 89.2 Å². The normalized spacial score (nSPS) is 12.6. The van der Waals surface area contributed by atoms with Gasteiger partial charge in [0, 0.05) is 94.2 Å². The molecule has 0 radical (unpaired) electrons. The molecule has 0 unspecified atom stereocenters. The van der Waals surface area contributed by atoms with Crippen LogP contribution in [0, 0.1) is 34.6 Å². The number of rotatable bonds is 45. The summed E-state index contributed by atoms with van der Waals surface area (Å²) < 4.78 is 177. The molecule has 0 fully saturated rings. The lowest BCUT2D eigenvalue weighted by molar-refractivity contribution is -0.440. The topological polar surface area (TPSA) is 0 Å². The van der Waals surface area contributed by atoms with Gasteiger partial charge in [-0.25, -0.2) is 0 Å². The molecule has 630 valence electrons. The van der Waals surface area contributed by atoms with Gasteiger partial charge < -0.3 is 0 Å². The van der Waals surface area contributed by atoms with Crippen LogP contribution in [-0.4, -0.2) is 35.8 Å². The number of unbranched alkanes of at least 4 members (excludes halogenated alkanes) is 20. The van der Waals surface area contributed by atoms with Gasteiger partial charge in [0.15, 0.2) is 0 Å². The second kappa shape index (κ2) is 42.6. The average molecular weight is 1770 g/mol. The number of hydrogen-bond acceptors (Lipinski definition) is 9. The third kappa shape index (κ3) is 22.6. The highest BCUT2D eigenvalue weighted by Crippen LogP contribution is 2.62. The molecule has 0 N–H and O–H groups in total. The first kappa shape index (κ1) is 93.1. The monoisotopic (exact) mass is 1770 g/mol. The summed E-state index contributed by atoms with van der Waals surface area (Å²) >= 11 is 16.4. The zero-order chi connectivity index (χ0) is 83.6. The van der Waals surface area contributed by atoms with Gasteiger partial charge in [-0.3, -0.25) is 0 Å². The van der Waals surface area contributed by atoms with Gasteiger partial charge in [0.2, 0.25) is 0 Å². The van der Waals surface area contributed by atoms with E-state index in [1.165, 1.54) is 264 Å². The lowest BCUT2D eigenvalue weighted by atomic mass is 9.91. The van der Waals surface area contributed by atoms with Crippen LogP contribution in [0.1, 0.15) is 249 Å². The third-order valence-electron chi connectivity index (χ3n) is 21.7. The molecule has 0 nitrogen and oxygen atoms in total. The highest BCUT2D eigenvalue weighted by atomic mass is 32.1. The van der Waals surface area contributed by atoms with Crippen LogP contribution in [0.4, 0.5) is 57.1 Å². The van der Waals surface area contributed by atoms with Gasteiger partial charge in [0.1, 0.15) is 0 Å². The van der Waals surface area contributed by atoms with E-state index in [4.69, 9.17) is 0 Å². The van der Waals surface area contributed by atoms with Gasteiger partial charge in [-0.05, 0) is 216 Å². The molecule has 0 atom stereocenters. The van der Waals surface area contributed by atoms with Crippen LogP contribution in [0.3, 0.4) is 0 Å². The fourth-order valence-corrected chi connectivity index (χ4v) is 25.7. The molecule has 9 heterocycles. The quantitative estimate of drug-likeness (QED) is 0.0264. The molecule has 0 amide bonds. The molecule has 22 heteroatoms. The van der Waals surface area contributed by atoms with Crippen molar-refractivity contribution >= 4 is 102 Å². The Balaban J connectivity index is 0.000000267. The molecule has 0 spiro atoms. The highest BCUT2D eigenvalue weighted by molar-refractivity contribution is 7.31. The van der Waals surface area contributed by atoms with Crippen LogP contribution in [0.15, 0.2) is 121 Å². The molecule has 11 rings (SSSR count). The Bertz CT molecular complexity index is 4820. The van der Waals surface area contributed by atoms with Crippen molar-refractivity contribution in [2.75, 3.05) is 0 Å². The minimum atomic E-state index is -7.90. The Morgan fingerprint density at radius 1 is 0.224 bits per heavy atom. The minimum Gasteiger partial charge on any atom is -0.200 e. The Morgan fingerprint density at radius 3 is 0.810 bits per heavy atom. The van der Waals surface area contributed by atoms with Crippen LogP contribution < -0.4 is 0 Å². The van der Waals surface area contributed by atoms with E-state index in [-0.39, 0.29) is 0 Å². The molecular weight excluding hydrogens is 1660 g/mol. The van der Waals surface area contributed by atoms with Gasteiger partial charge >= 0.3 is 35.8 Å². The summed E-state index contributed by atoms with van der Waals surface area (Å²) in [5.74, 6) is -36.8. The van der Waals surface area contributed by atoms with Gasteiger partial charge in [-0.15, -0.1) is 102 Å². The first-order valence-electron chi connectivity index (χ1n) is 41.4. The molecule has 0 saturated carbocycles. The Kier molecular flexibility index (Phi) is 34.2. The summed E-state index contributed by atoms with van der Waals surface area (Å²) in [5, 5.41) is 0. The number of aryl methyl sites for hydroxylation is 4. The van der Waals surface area contributed by atoms with E-state index >= 15 is 0 Å². The number of hydrogen-bond donors (Lipinski definition) is 0. The van der Waals surface area contributed by atoms with Gasteiger partial charge in [-0.1, -0.05) is 216 Å². The van der Waals surface area contributed by atoms with Crippen molar-refractivity contribution in [3.05, 3.63) is 176 Å². The first-order valence-corrected chi connectivity index (χ1v) is 48.8. The van der Waals surface area contributed by atoms with E-state index in [1.807, 2.05) is 79.0 Å². The van der Waals surface area contributed by atoms with E-state index in [1.54, 1.807) is 54.8 Å². The molecule has 0 aliphatic carbocycles. The average Bonchev–Trinajstić information content (AvgIpc) is 0.793. The smallest absolute Gasteiger partial charge is 0.200 e. The number of halogens is 13. The molecule has 11 aromatic rings. The van der Waals surface area contributed by atoms with Crippen molar-refractivity contribution < 1.29 is 57.1 Å². The number of benzene rings is 2. The lowest BCUT2D eigenvalue weighted by Gasteiger charge is -2.39. The predicted molar refractivity (Wildman–Crippen MR) is 478 cm³/mol. The molecule has 0 aliphatic rings. The fraction of sp³-hybridized carbons (Fsp3) is 0.489. The van der Waals surface area contributed by atoms with Gasteiger partial charge in [-0.2, -0.15) is 57.1 Å². The molecule has 9 aromatic heterocycles. The van der Waals surface area contributed by atoms with E-state index in [0.717, 1.165) is 25.8 Å². The Morgan fingerprint density at radius 2 is 0.483 bits per heavy atom. The molecular formula is C94H109F13S9. The van der Waals surface area contributed by atoms with Gasteiger partial charge in [0.25, 0.3) is 0 Å². The maximum Gasteiger partial charge on any atom is 0.460 e. The Labute approximate surface area is 715 Å². The van der Waals surface area contributed by atoms with Crippen molar-refractivity contribution in [3.63, 3.8) is 0 Å². The van der Waals surface area contributed by atoms with E-state index in [2.05, 4.69) is 160 Å². The largest absolute Gasteiger partial charge is 0.460 e. The lowest BCUT2D eigenvalue weighted by Crippen LogP contribution is -2.70. The molecule has 0 aliphatic heterocycles. The standard InChI is InChI=1S/C64H86S6.C30H23F13S3/c1-7-11-15-19-23-27-31-50-51(32-28-24-20-16-12-8-2)63(69-61(50)57-40-37-48(6)65-57)59-45-42-55(67-59)56-43-46-60(68-56)64-53(34-30-26-22-18-14-10-4)52(33-29-25-21-17-13-9-3)62(70-64)58-44-41-54(66-58)49-38-35-47(5)36-39-49;1-15-6-9-18(10-7-15)20-12-13-22(45-20)24-19(17(3)23(46-24)21-11-8-16(2)44-21)5-4-14-25(31,32)26(33,34)27(35,36)28(37,38)29(39,40)30(41,42)43/h35-46H,7-34H2,1-6H3;6-13H,4-5,14H2,1-3H3. The summed E-state index contributed by atoms with van der Waals surface area (Å²) in [6, 6.07) is 43.4. The number of thiophene rings is 9. The van der Waals surface area contributed by atoms with Crippen LogP contribution >= 0.6 is 102 Å². The molecule has 0 bridgehead atoms. The first-order chi connectivity index (χ1) is 55.4. The third-order valence-corrected chi connectivity index (χ3v) is 33.3. The van der Waals surface area contributed by atoms with Crippen molar-refractivity contribution in [2.45, 2.75) is 297 Å². The summed E-state index contributed by atoms with van der Waals surface area (Å²) in [4.78, 5) is 22.3. The Hall–Kier alpha value is -5.17. The zero-order valence-electron chi connectivity index (χ0n) is 68.1. The second-order valence-corrected chi connectivity index (χ2v) is 40.9. The van der Waals surface area contributed by atoms with Crippen molar-refractivity contribution in [1.29, 1.82) is 0 Å². The van der Waals surface area contributed by atoms with Crippen molar-refractivity contribution in [1.82, 2.24) is 0 Å². The maximum atomic E-state index is 14.5. The van der Waals surface area contributed by atoms with Crippen molar-refractivity contribution in [2.24, 2.45) is 0 Å². The van der Waals surface area contributed by atoms with Crippen LogP contribution in [-0.2, 0) is 32.1 Å². The molecule has 0 saturated heterocycles. The zero-order valence-corrected chi connectivity index (χ0v) is 75.4. The summed E-state index contributed by atoms with van der Waals surface area (Å²) in [5.41, 5.74) is 12.2. The SMILES string of the molecule is CCCCCCCCc1c(-c2ccc(C)s2)sc(-c2ccc(-c3ccc(-c4sc(-c5ccc(-c6ccc(C)cc6)s5)c(CCCCCCCC)c4CCCCCCCC)s3)s2)c1CCCCCCCC.Cc1ccc(-c2ccc(-c3sc(-c4ccc(C)s4)c(C)c3CCCC(F)(F)C(F)(F)C(F)(F)C(F)(F)C(F)(F)C(F)(F)F)s2)cc1. The van der Waals surface area contributed by atoms with Crippen LogP contribution in [0.25, 0.3) is 89.2 Å². The van der Waals surface area contributed by atoms with E-state index < -0.39 is 55.1 Å². The van der Waals surface area contributed by atoms with Crippen LogP contribution in [0.2, 0.25) is 0 Å². The van der Waals surface area contributed by atoms with Crippen LogP contribution in [0.5, 0.6) is 0 Å². The molecule has 2 aromatic carbocycles. The van der Waals surface area contributed by atoms with Gasteiger partial charge in [0.05, 0.1) is 0 Å². The predicted octanol–water partition coefficient (Wildman–Crippen LogP) is 37.1. The molecule has 116 heavy (non-hydrogen) atoms. The summed E-state index contributed by atoms with van der Waals surface area (Å²) in [7, 11) is 0. The minimum absolute atomic E-state index is 0.378. The maximum absolute atomic E-state index is 14.5. The highest BCUT2D eigenvalue weighted by Gasteiger charge is 2.90. The number of alkyl halides is 13. The summed E-state index contributed by atoms with van der Waals surface area (Å²) in [6.45, 7) is 19.2. The second-order valence-electron chi connectivity index (χ2n) is 30.9. The fourth-order valence-electron chi connectivity index (χ4n) is 14.9. The summed E-state index contributed by atoms with van der Waals surface area (Å²) in [6.07, 6.45) is 26.0. The van der Waals surface area contributed by atoms with E-state index in [9.17, 15) is 57.1 Å².